The third kappa shape index (κ3) is 3.77. The Bertz CT molecular complexity index is 1210. The predicted octanol–water partition coefficient (Wildman–Crippen LogP) is 5.89. The second-order valence-electron chi connectivity index (χ2n) is 6.11. The molecule has 3 aromatic rings. The number of benzene rings is 3. The van der Waals surface area contributed by atoms with Gasteiger partial charge in [-0.25, -0.2) is 0 Å². The maximum Gasteiger partial charge on any atom is 0.283 e. The minimum atomic E-state index is -5.07. The summed E-state index contributed by atoms with van der Waals surface area (Å²) in [6, 6.07) is 11.4. The number of hydrogen-bond acceptors (Lipinski definition) is 4. The molecule has 0 saturated heterocycles. The van der Waals surface area contributed by atoms with Crippen LogP contribution in [-0.2, 0) is 14.9 Å². The monoisotopic (exact) mass is 492 g/mol. The average Bonchev–Trinajstić information content (AvgIpc) is 2.61. The molecule has 1 atom stereocenters. The Balaban J connectivity index is 2.63. The maximum atomic E-state index is 13.0. The van der Waals surface area contributed by atoms with E-state index in [2.05, 4.69) is 0 Å². The summed E-state index contributed by atoms with van der Waals surface area (Å²) in [5, 5.41) is 19.5. The third-order valence-electron chi connectivity index (χ3n) is 4.36. The summed E-state index contributed by atoms with van der Waals surface area (Å²) < 4.78 is 34.1. The van der Waals surface area contributed by atoms with Crippen LogP contribution in [0.2, 0.25) is 20.1 Å². The van der Waals surface area contributed by atoms with Gasteiger partial charge in [0.25, 0.3) is 10.1 Å². The molecule has 0 aliphatic carbocycles. The Kier molecular flexibility index (Phi) is 5.98. The van der Waals surface area contributed by atoms with Crippen molar-refractivity contribution >= 4 is 56.5 Å². The van der Waals surface area contributed by atoms with Crippen molar-refractivity contribution in [3.8, 4) is 11.5 Å². The van der Waals surface area contributed by atoms with Crippen molar-refractivity contribution in [3.63, 3.8) is 0 Å². The molecule has 0 fully saturated rings. The van der Waals surface area contributed by atoms with E-state index in [1.165, 1.54) is 36.4 Å². The molecule has 3 rings (SSSR count). The second kappa shape index (κ2) is 7.87. The summed E-state index contributed by atoms with van der Waals surface area (Å²) in [7, 11) is -5.07. The first-order chi connectivity index (χ1) is 13.5. The van der Waals surface area contributed by atoms with Gasteiger partial charge in [-0.05, 0) is 42.0 Å². The van der Waals surface area contributed by atoms with Crippen LogP contribution in [0.5, 0.6) is 11.5 Å². The summed E-state index contributed by atoms with van der Waals surface area (Å²) in [4.78, 5) is 0. The van der Waals surface area contributed by atoms with Crippen LogP contribution >= 0.6 is 46.4 Å². The Labute approximate surface area is 186 Å². The highest BCUT2D eigenvalue weighted by molar-refractivity contribution is 7.87. The first-order valence-electron chi connectivity index (χ1n) is 7.89. The number of aromatic hydroxyl groups is 2. The number of rotatable bonds is 4. The van der Waals surface area contributed by atoms with Crippen molar-refractivity contribution in [1.82, 2.24) is 0 Å². The minimum absolute atomic E-state index is 0.0457. The normalized spacial score (nSPS) is 13.8. The van der Waals surface area contributed by atoms with E-state index in [-0.39, 0.29) is 42.5 Å². The van der Waals surface area contributed by atoms with Gasteiger partial charge in [0, 0.05) is 32.3 Å². The zero-order chi connectivity index (χ0) is 21.6. The summed E-state index contributed by atoms with van der Waals surface area (Å²) in [5.74, 6) is -0.660. The quantitative estimate of drug-likeness (QED) is 0.311. The van der Waals surface area contributed by atoms with Gasteiger partial charge < -0.3 is 10.2 Å². The van der Waals surface area contributed by atoms with Crippen LogP contribution in [-0.4, -0.2) is 23.2 Å². The van der Waals surface area contributed by atoms with Crippen molar-refractivity contribution in [2.75, 3.05) is 0 Å². The molecule has 10 heteroatoms. The summed E-state index contributed by atoms with van der Waals surface area (Å²) in [6.07, 6.45) is 0. The highest BCUT2D eigenvalue weighted by Gasteiger charge is 2.51. The first-order valence-corrected chi connectivity index (χ1v) is 10.8. The molecule has 0 heterocycles. The maximum absolute atomic E-state index is 13.0. The standard InChI is InChI=1S/C19H12Cl4O5S/c20-11-4-5-15(21)13(7-11)19(29(26,27)28,10-2-1-3-12(24)6-10)14-8-17(23)18(25)9-16(14)22/h1-9,24-25H,(H,26,27,28). The number of phenolic OH excluding ortho intramolecular Hbond substituents is 2. The molecule has 29 heavy (non-hydrogen) atoms. The van der Waals surface area contributed by atoms with Gasteiger partial charge in [0.1, 0.15) is 11.5 Å². The Morgan fingerprint density at radius 2 is 1.41 bits per heavy atom. The topological polar surface area (TPSA) is 94.8 Å². The minimum Gasteiger partial charge on any atom is -0.508 e. The molecule has 3 aromatic carbocycles. The molecule has 0 aromatic heterocycles. The lowest BCUT2D eigenvalue weighted by molar-refractivity contribution is 0.455. The van der Waals surface area contributed by atoms with Crippen LogP contribution < -0.4 is 0 Å². The molecule has 5 nitrogen and oxygen atoms in total. The van der Waals surface area contributed by atoms with Gasteiger partial charge in [-0.1, -0.05) is 58.5 Å². The van der Waals surface area contributed by atoms with E-state index >= 15 is 0 Å². The fourth-order valence-corrected chi connectivity index (χ4v) is 5.51. The van der Waals surface area contributed by atoms with Gasteiger partial charge in [0.2, 0.25) is 0 Å². The van der Waals surface area contributed by atoms with Gasteiger partial charge in [-0.3, -0.25) is 4.55 Å². The molecule has 152 valence electrons. The van der Waals surface area contributed by atoms with Crippen molar-refractivity contribution < 1.29 is 23.2 Å². The largest absolute Gasteiger partial charge is 0.508 e. The van der Waals surface area contributed by atoms with Crippen molar-refractivity contribution in [1.29, 1.82) is 0 Å². The third-order valence-corrected chi connectivity index (χ3v) is 6.99. The molecule has 0 aliphatic heterocycles. The number of halogens is 4. The fourth-order valence-electron chi connectivity index (χ4n) is 3.18. The van der Waals surface area contributed by atoms with E-state index in [4.69, 9.17) is 46.4 Å². The number of phenols is 2. The molecule has 1 unspecified atom stereocenters. The van der Waals surface area contributed by atoms with Gasteiger partial charge >= 0.3 is 0 Å². The zero-order valence-electron chi connectivity index (χ0n) is 14.3. The highest BCUT2D eigenvalue weighted by atomic mass is 35.5. The summed E-state index contributed by atoms with van der Waals surface area (Å²) in [6.45, 7) is 0. The van der Waals surface area contributed by atoms with E-state index < -0.39 is 20.6 Å². The van der Waals surface area contributed by atoms with Crippen molar-refractivity contribution in [3.05, 3.63) is 91.4 Å². The molecule has 3 N–H and O–H groups in total. The first kappa shape index (κ1) is 22.0. The van der Waals surface area contributed by atoms with Crippen molar-refractivity contribution in [2.45, 2.75) is 4.75 Å². The molecule has 0 spiro atoms. The molecule has 0 amide bonds. The van der Waals surface area contributed by atoms with Gasteiger partial charge in [-0.2, -0.15) is 8.42 Å². The van der Waals surface area contributed by atoms with Crippen LogP contribution in [0.25, 0.3) is 0 Å². The SMILES string of the molecule is O=S(=O)(O)C(c1cccc(O)c1)(c1cc(Cl)ccc1Cl)c1cc(Cl)c(O)cc1Cl. The van der Waals surface area contributed by atoms with E-state index in [1.807, 2.05) is 0 Å². The van der Waals surface area contributed by atoms with Crippen molar-refractivity contribution in [2.24, 2.45) is 0 Å². The molecule has 0 radical (unpaired) electrons. The fraction of sp³-hybridized carbons (Fsp3) is 0.0526. The van der Waals surface area contributed by atoms with Crippen LogP contribution in [0.3, 0.4) is 0 Å². The lowest BCUT2D eigenvalue weighted by Crippen LogP contribution is -2.39. The van der Waals surface area contributed by atoms with E-state index in [9.17, 15) is 23.2 Å². The zero-order valence-corrected chi connectivity index (χ0v) is 18.1. The van der Waals surface area contributed by atoms with E-state index in [0.717, 1.165) is 18.2 Å². The molecule has 0 saturated carbocycles. The van der Waals surface area contributed by atoms with Crippen LogP contribution in [0.4, 0.5) is 0 Å². The van der Waals surface area contributed by atoms with E-state index in [1.54, 1.807) is 0 Å². The van der Waals surface area contributed by atoms with Gasteiger partial charge in [0.15, 0.2) is 4.75 Å². The van der Waals surface area contributed by atoms with Crippen LogP contribution in [0.15, 0.2) is 54.6 Å². The Morgan fingerprint density at radius 3 is 2.03 bits per heavy atom. The Morgan fingerprint density at radius 1 is 0.759 bits per heavy atom. The van der Waals surface area contributed by atoms with E-state index in [0.29, 0.717) is 0 Å². The van der Waals surface area contributed by atoms with Gasteiger partial charge in [0.05, 0.1) is 5.02 Å². The summed E-state index contributed by atoms with van der Waals surface area (Å²) >= 11 is 24.7. The lowest BCUT2D eigenvalue weighted by atomic mass is 9.83. The summed E-state index contributed by atoms with van der Waals surface area (Å²) in [5.41, 5.74) is -0.393. The molecular formula is C19H12Cl4O5S. The lowest BCUT2D eigenvalue weighted by Gasteiger charge is -2.34. The second-order valence-corrected chi connectivity index (χ2v) is 9.33. The average molecular weight is 494 g/mol. The molecule has 0 aliphatic rings. The predicted molar refractivity (Wildman–Crippen MR) is 114 cm³/mol. The molecular weight excluding hydrogens is 482 g/mol. The van der Waals surface area contributed by atoms with Gasteiger partial charge in [-0.15, -0.1) is 0 Å². The smallest absolute Gasteiger partial charge is 0.283 e. The number of hydrogen-bond donors (Lipinski definition) is 3. The Hall–Kier alpha value is -1.67. The van der Waals surface area contributed by atoms with Crippen LogP contribution in [0, 0.1) is 0 Å². The molecule has 0 bridgehead atoms. The highest BCUT2D eigenvalue weighted by Crippen LogP contribution is 2.51. The van der Waals surface area contributed by atoms with Crippen LogP contribution in [0.1, 0.15) is 16.7 Å².